The maximum absolute atomic E-state index is 12.8. The number of halogens is 6. The van der Waals surface area contributed by atoms with Gasteiger partial charge in [-0.1, -0.05) is 0 Å². The smallest absolute Gasteiger partial charge is 0.422 e. The average molecular weight is 401 g/mol. The van der Waals surface area contributed by atoms with Crippen molar-refractivity contribution in [3.8, 4) is 5.88 Å². The average Bonchev–Trinajstić information content (AvgIpc) is 3.37. The Morgan fingerprint density at radius 1 is 1.26 bits per heavy atom. The Balaban J connectivity index is 1.77. The number of hydrogen-bond acceptors (Lipinski definition) is 4. The third-order valence-electron chi connectivity index (χ3n) is 4.08. The van der Waals surface area contributed by atoms with Gasteiger partial charge in [0.1, 0.15) is 0 Å². The first-order chi connectivity index (χ1) is 12.4. The highest BCUT2D eigenvalue weighted by Crippen LogP contribution is 2.59. The number of aliphatic hydroxyl groups is 1. The highest BCUT2D eigenvalue weighted by atomic mass is 19.4. The monoisotopic (exact) mass is 401 g/mol. The number of aliphatic hydroxyl groups excluding tert-OH is 1. The van der Waals surface area contributed by atoms with Crippen LogP contribution in [0.5, 0.6) is 5.88 Å². The molecule has 2 amide bonds. The SMILES string of the molecule is O=C(NCc1ccnc(OCC(F)(F)F)c1)NC[C@H](O)C1(C(F)(F)F)CC1. The van der Waals surface area contributed by atoms with E-state index < -0.39 is 43.1 Å². The van der Waals surface area contributed by atoms with Gasteiger partial charge in [-0.05, 0) is 24.5 Å². The van der Waals surface area contributed by atoms with E-state index in [4.69, 9.17) is 0 Å². The van der Waals surface area contributed by atoms with Gasteiger partial charge < -0.3 is 20.5 Å². The normalized spacial score (nSPS) is 17.1. The van der Waals surface area contributed by atoms with E-state index >= 15 is 0 Å². The number of rotatable bonds is 7. The number of amides is 2. The third kappa shape index (κ3) is 5.88. The molecule has 12 heteroatoms. The summed E-state index contributed by atoms with van der Waals surface area (Å²) in [7, 11) is 0. The van der Waals surface area contributed by atoms with Crippen molar-refractivity contribution in [2.24, 2.45) is 5.41 Å². The number of nitrogens with one attached hydrogen (secondary N) is 2. The molecule has 0 spiro atoms. The molecule has 0 aromatic carbocycles. The first-order valence-corrected chi connectivity index (χ1v) is 7.84. The molecular weight excluding hydrogens is 384 g/mol. The van der Waals surface area contributed by atoms with Gasteiger partial charge in [0.05, 0.1) is 11.5 Å². The fraction of sp³-hybridized carbons (Fsp3) is 0.600. The van der Waals surface area contributed by atoms with Gasteiger partial charge in [-0.15, -0.1) is 0 Å². The Kier molecular flexibility index (Phi) is 6.07. The molecule has 1 fully saturated rings. The molecule has 0 radical (unpaired) electrons. The van der Waals surface area contributed by atoms with E-state index in [0.29, 0.717) is 5.56 Å². The summed E-state index contributed by atoms with van der Waals surface area (Å²) in [6, 6.07) is 1.77. The number of pyridine rings is 1. The number of nitrogens with zero attached hydrogens (tertiary/aromatic N) is 1. The Morgan fingerprint density at radius 2 is 1.93 bits per heavy atom. The molecule has 2 rings (SSSR count). The van der Waals surface area contributed by atoms with E-state index in [9.17, 15) is 36.2 Å². The highest BCUT2D eigenvalue weighted by molar-refractivity contribution is 5.73. The van der Waals surface area contributed by atoms with Crippen LogP contribution in [0.1, 0.15) is 18.4 Å². The molecule has 0 unspecified atom stereocenters. The van der Waals surface area contributed by atoms with E-state index in [2.05, 4.69) is 20.4 Å². The molecule has 0 saturated heterocycles. The second-order valence-electron chi connectivity index (χ2n) is 6.14. The molecule has 152 valence electrons. The van der Waals surface area contributed by atoms with Crippen molar-refractivity contribution in [1.82, 2.24) is 15.6 Å². The largest absolute Gasteiger partial charge is 0.468 e. The second kappa shape index (κ2) is 7.79. The number of carbonyl (C=O) groups excluding carboxylic acids is 1. The van der Waals surface area contributed by atoms with Crippen molar-refractivity contribution in [2.75, 3.05) is 13.2 Å². The molecule has 1 aromatic rings. The molecule has 0 aliphatic heterocycles. The van der Waals surface area contributed by atoms with Crippen molar-refractivity contribution >= 4 is 6.03 Å². The minimum atomic E-state index is -4.55. The van der Waals surface area contributed by atoms with Gasteiger partial charge in [0.25, 0.3) is 0 Å². The second-order valence-corrected chi connectivity index (χ2v) is 6.14. The lowest BCUT2D eigenvalue weighted by molar-refractivity contribution is -0.213. The van der Waals surface area contributed by atoms with Crippen LogP contribution in [-0.4, -0.2) is 47.7 Å². The number of aromatic nitrogens is 1. The summed E-state index contributed by atoms with van der Waals surface area (Å²) in [5.74, 6) is -0.289. The summed E-state index contributed by atoms with van der Waals surface area (Å²) in [6.45, 7) is -2.23. The van der Waals surface area contributed by atoms with Gasteiger partial charge in [0, 0.05) is 25.4 Å². The molecular formula is C15H17F6N3O3. The Labute approximate surface area is 149 Å². The maximum atomic E-state index is 12.8. The summed E-state index contributed by atoms with van der Waals surface area (Å²) >= 11 is 0. The van der Waals surface area contributed by atoms with Crippen LogP contribution in [0, 0.1) is 5.41 Å². The van der Waals surface area contributed by atoms with Crippen LogP contribution in [0.15, 0.2) is 18.3 Å². The van der Waals surface area contributed by atoms with E-state index in [1.807, 2.05) is 0 Å². The summed E-state index contributed by atoms with van der Waals surface area (Å²) in [4.78, 5) is 15.2. The van der Waals surface area contributed by atoms with Crippen LogP contribution in [-0.2, 0) is 6.54 Å². The maximum Gasteiger partial charge on any atom is 0.422 e. The summed E-state index contributed by atoms with van der Waals surface area (Å²) < 4.78 is 79.3. The minimum absolute atomic E-state index is 0.128. The first kappa shape index (κ1) is 21.1. The fourth-order valence-electron chi connectivity index (χ4n) is 2.36. The highest BCUT2D eigenvalue weighted by Gasteiger charge is 2.67. The molecule has 6 nitrogen and oxygen atoms in total. The van der Waals surface area contributed by atoms with Crippen LogP contribution in [0.3, 0.4) is 0 Å². The molecule has 1 saturated carbocycles. The Morgan fingerprint density at radius 3 is 2.48 bits per heavy atom. The third-order valence-corrected chi connectivity index (χ3v) is 4.08. The lowest BCUT2D eigenvalue weighted by Crippen LogP contribution is -2.46. The molecule has 27 heavy (non-hydrogen) atoms. The lowest BCUT2D eigenvalue weighted by Gasteiger charge is -2.25. The predicted molar refractivity (Wildman–Crippen MR) is 79.8 cm³/mol. The van der Waals surface area contributed by atoms with Crippen molar-refractivity contribution in [3.05, 3.63) is 23.9 Å². The van der Waals surface area contributed by atoms with Gasteiger partial charge in [0.15, 0.2) is 6.61 Å². The number of carbonyl (C=O) groups is 1. The van der Waals surface area contributed by atoms with E-state index in [0.717, 1.165) is 0 Å². The van der Waals surface area contributed by atoms with Gasteiger partial charge >= 0.3 is 18.4 Å². The van der Waals surface area contributed by atoms with E-state index in [1.165, 1.54) is 18.3 Å². The molecule has 1 aromatic heterocycles. The van der Waals surface area contributed by atoms with E-state index in [-0.39, 0.29) is 25.3 Å². The molecule has 1 aliphatic rings. The topological polar surface area (TPSA) is 83.5 Å². The van der Waals surface area contributed by atoms with E-state index in [1.54, 1.807) is 0 Å². The summed E-state index contributed by atoms with van der Waals surface area (Å²) in [5.41, 5.74) is -1.80. The number of ether oxygens (including phenoxy) is 1. The zero-order valence-electron chi connectivity index (χ0n) is 13.8. The van der Waals surface area contributed by atoms with Crippen LogP contribution in [0.25, 0.3) is 0 Å². The molecule has 1 heterocycles. The number of hydrogen-bond donors (Lipinski definition) is 3. The molecule has 1 atom stereocenters. The van der Waals surface area contributed by atoms with Gasteiger partial charge in [-0.25, -0.2) is 9.78 Å². The lowest BCUT2D eigenvalue weighted by atomic mass is 9.98. The zero-order chi connectivity index (χ0) is 20.3. The van der Waals surface area contributed by atoms with Crippen molar-refractivity contribution in [3.63, 3.8) is 0 Å². The van der Waals surface area contributed by atoms with Crippen molar-refractivity contribution in [2.45, 2.75) is 37.8 Å². The zero-order valence-corrected chi connectivity index (χ0v) is 13.8. The predicted octanol–water partition coefficient (Wildman–Crippen LogP) is 2.53. The number of alkyl halides is 6. The minimum Gasteiger partial charge on any atom is -0.468 e. The number of urea groups is 1. The summed E-state index contributed by atoms with van der Waals surface area (Å²) in [6.07, 6.45) is -10.0. The van der Waals surface area contributed by atoms with Gasteiger partial charge in [0.2, 0.25) is 5.88 Å². The van der Waals surface area contributed by atoms with Gasteiger partial charge in [-0.3, -0.25) is 0 Å². The van der Waals surface area contributed by atoms with Crippen LogP contribution in [0.4, 0.5) is 31.1 Å². The quantitative estimate of drug-likeness (QED) is 0.614. The van der Waals surface area contributed by atoms with Crippen LogP contribution < -0.4 is 15.4 Å². The molecule has 1 aliphatic carbocycles. The van der Waals surface area contributed by atoms with Crippen LogP contribution >= 0.6 is 0 Å². The fourth-order valence-corrected chi connectivity index (χ4v) is 2.36. The van der Waals surface area contributed by atoms with Crippen molar-refractivity contribution < 1.29 is 41.0 Å². The van der Waals surface area contributed by atoms with Gasteiger partial charge in [-0.2, -0.15) is 26.3 Å². The first-order valence-electron chi connectivity index (χ1n) is 7.84. The molecule has 3 N–H and O–H groups in total. The molecule has 0 bridgehead atoms. The Bertz CT molecular complexity index is 661. The van der Waals surface area contributed by atoms with Crippen molar-refractivity contribution in [1.29, 1.82) is 0 Å². The Hall–Kier alpha value is -2.24. The van der Waals surface area contributed by atoms with Crippen LogP contribution in [0.2, 0.25) is 0 Å². The standard InChI is InChI=1S/C15H17F6N3O3/c16-14(17,18)8-27-11-5-9(1-4-22-11)6-23-12(26)24-7-10(25)13(2-3-13)15(19,20)21/h1,4-5,10,25H,2-3,6-8H2,(H2,23,24,26)/t10-/m0/s1. The summed E-state index contributed by atoms with van der Waals surface area (Å²) in [5, 5.41) is 14.1.